The van der Waals surface area contributed by atoms with Crippen LogP contribution in [0.25, 0.3) is 5.57 Å². The third-order valence-electron chi connectivity index (χ3n) is 8.29. The SMILES string of the molecule is CC(C)(C)OC(=O)N1C[C@@H]2CC3(c4nccc(C5=CCN(OC(=O)c6ccccc6)CC5)n4)C[C@H](C1)C23. The first-order valence-corrected chi connectivity index (χ1v) is 13.2. The van der Waals surface area contributed by atoms with E-state index in [9.17, 15) is 9.59 Å². The number of benzene rings is 1. The largest absolute Gasteiger partial charge is 0.444 e. The molecule has 0 bridgehead atoms. The van der Waals surface area contributed by atoms with Crippen molar-refractivity contribution in [1.29, 1.82) is 0 Å². The predicted molar refractivity (Wildman–Crippen MR) is 137 cm³/mol. The lowest BCUT2D eigenvalue weighted by atomic mass is 9.37. The van der Waals surface area contributed by atoms with Crippen molar-refractivity contribution < 1.29 is 19.2 Å². The van der Waals surface area contributed by atoms with Gasteiger partial charge in [-0.2, -0.15) is 0 Å². The second kappa shape index (κ2) is 8.94. The van der Waals surface area contributed by atoms with E-state index in [1.165, 1.54) is 5.57 Å². The van der Waals surface area contributed by atoms with E-state index in [1.807, 2.05) is 56.1 Å². The number of nitrogens with zero attached hydrogens (tertiary/aromatic N) is 4. The fourth-order valence-electron chi connectivity index (χ4n) is 6.80. The Labute approximate surface area is 217 Å². The van der Waals surface area contributed by atoms with Gasteiger partial charge >= 0.3 is 12.1 Å². The second-order valence-electron chi connectivity index (χ2n) is 11.9. The Kier molecular flexibility index (Phi) is 5.82. The molecule has 2 aliphatic heterocycles. The van der Waals surface area contributed by atoms with Crippen LogP contribution in [0.1, 0.15) is 61.9 Å². The molecule has 2 aliphatic carbocycles. The van der Waals surface area contributed by atoms with E-state index in [0.29, 0.717) is 36.4 Å². The highest BCUT2D eigenvalue weighted by Crippen LogP contribution is 2.68. The number of carbonyl (C=O) groups is 2. The molecule has 0 spiro atoms. The van der Waals surface area contributed by atoms with Gasteiger partial charge in [0.25, 0.3) is 0 Å². The summed E-state index contributed by atoms with van der Waals surface area (Å²) in [4.78, 5) is 42.2. The third kappa shape index (κ3) is 4.41. The number of piperidine rings is 1. The lowest BCUT2D eigenvalue weighted by Gasteiger charge is -2.70. The summed E-state index contributed by atoms with van der Waals surface area (Å²) in [5.74, 6) is 2.16. The smallest absolute Gasteiger partial charge is 0.410 e. The van der Waals surface area contributed by atoms with Crippen molar-refractivity contribution in [3.63, 3.8) is 0 Å². The number of hydroxylamine groups is 2. The van der Waals surface area contributed by atoms with Gasteiger partial charge in [0.05, 0.1) is 17.8 Å². The summed E-state index contributed by atoms with van der Waals surface area (Å²) in [5, 5.41) is 1.70. The maximum absolute atomic E-state index is 12.6. The highest BCUT2D eigenvalue weighted by Gasteiger charge is 2.69. The standard InChI is InChI=1S/C29H34N4O4/c1-28(2,3)36-27(35)32-17-21-15-29(16-22(18-32)24(21)29)26-30-12-9-23(31-26)19-10-13-33(14-11-19)37-25(34)20-7-5-4-6-8-20/h4-10,12,21-22,24H,11,13-18H2,1-3H3/t21-,22+,24?,29?. The number of carbonyl (C=O) groups excluding carboxylic acids is 2. The number of amides is 1. The van der Waals surface area contributed by atoms with E-state index in [1.54, 1.807) is 17.2 Å². The number of hydrogen-bond donors (Lipinski definition) is 0. The van der Waals surface area contributed by atoms with Crippen molar-refractivity contribution >= 4 is 17.6 Å². The van der Waals surface area contributed by atoms with Gasteiger partial charge in [-0.25, -0.2) is 19.6 Å². The van der Waals surface area contributed by atoms with Crippen molar-refractivity contribution in [2.45, 2.75) is 51.0 Å². The molecular formula is C29H34N4O4. The Balaban J connectivity index is 1.09. The number of rotatable bonds is 4. The molecule has 4 atom stereocenters. The zero-order chi connectivity index (χ0) is 25.8. The molecule has 3 fully saturated rings. The van der Waals surface area contributed by atoms with Crippen LogP contribution in [0, 0.1) is 17.8 Å². The van der Waals surface area contributed by atoms with Crippen LogP contribution in [0.3, 0.4) is 0 Å². The fourth-order valence-corrected chi connectivity index (χ4v) is 6.80. The van der Waals surface area contributed by atoms with Crippen molar-refractivity contribution in [1.82, 2.24) is 19.9 Å². The zero-order valence-electron chi connectivity index (χ0n) is 21.7. The average Bonchev–Trinajstić information content (AvgIpc) is 2.85. The lowest BCUT2D eigenvalue weighted by Crippen LogP contribution is -2.72. The van der Waals surface area contributed by atoms with Gasteiger partial charge in [0, 0.05) is 31.2 Å². The fraction of sp³-hybridized carbons (Fsp3) is 0.517. The quantitative estimate of drug-likeness (QED) is 0.609. The topological polar surface area (TPSA) is 84.9 Å². The van der Waals surface area contributed by atoms with Crippen LogP contribution < -0.4 is 0 Å². The van der Waals surface area contributed by atoms with E-state index in [2.05, 4.69) is 6.08 Å². The van der Waals surface area contributed by atoms with Crippen molar-refractivity contribution in [3.05, 3.63) is 65.8 Å². The summed E-state index contributed by atoms with van der Waals surface area (Å²) >= 11 is 0. The number of aromatic nitrogens is 2. The molecule has 1 saturated heterocycles. The summed E-state index contributed by atoms with van der Waals surface area (Å²) in [6.45, 7) is 8.43. The molecule has 2 aromatic rings. The maximum Gasteiger partial charge on any atom is 0.410 e. The van der Waals surface area contributed by atoms with Crippen LogP contribution in [-0.4, -0.2) is 63.8 Å². The van der Waals surface area contributed by atoms with Gasteiger partial charge in [-0.15, -0.1) is 5.06 Å². The highest BCUT2D eigenvalue weighted by molar-refractivity contribution is 5.89. The Bertz CT molecular complexity index is 1220. The van der Waals surface area contributed by atoms with Crippen molar-refractivity contribution in [3.8, 4) is 0 Å². The van der Waals surface area contributed by atoms with Gasteiger partial charge in [0.15, 0.2) is 0 Å². The summed E-state index contributed by atoms with van der Waals surface area (Å²) in [6, 6.07) is 11.0. The molecule has 1 aromatic carbocycles. The first-order valence-electron chi connectivity index (χ1n) is 13.2. The molecule has 0 N–H and O–H groups in total. The van der Waals surface area contributed by atoms with E-state index in [-0.39, 0.29) is 17.5 Å². The first-order chi connectivity index (χ1) is 17.7. The Morgan fingerprint density at radius 3 is 2.43 bits per heavy atom. The number of likely N-dealkylation sites (tertiary alicyclic amines) is 1. The molecule has 4 aliphatic rings. The van der Waals surface area contributed by atoms with Gasteiger partial charge in [0.2, 0.25) is 0 Å². The van der Waals surface area contributed by atoms with E-state index < -0.39 is 5.60 Å². The Morgan fingerprint density at radius 1 is 1.05 bits per heavy atom. The maximum atomic E-state index is 12.6. The minimum absolute atomic E-state index is 0.0534. The van der Waals surface area contributed by atoms with Crippen LogP contribution in [0.4, 0.5) is 4.79 Å². The zero-order valence-corrected chi connectivity index (χ0v) is 21.7. The number of hydrogen-bond acceptors (Lipinski definition) is 7. The van der Waals surface area contributed by atoms with E-state index in [0.717, 1.165) is 43.9 Å². The van der Waals surface area contributed by atoms with E-state index in [4.69, 9.17) is 19.5 Å². The van der Waals surface area contributed by atoms with Gasteiger partial charge in [0.1, 0.15) is 11.4 Å². The van der Waals surface area contributed by atoms with Crippen molar-refractivity contribution in [2.75, 3.05) is 26.2 Å². The van der Waals surface area contributed by atoms with Crippen LogP contribution in [0.5, 0.6) is 0 Å². The molecule has 37 heavy (non-hydrogen) atoms. The van der Waals surface area contributed by atoms with Crippen LogP contribution in [-0.2, 0) is 15.0 Å². The van der Waals surface area contributed by atoms with Crippen LogP contribution >= 0.6 is 0 Å². The Hall–Kier alpha value is -3.26. The molecule has 6 rings (SSSR count). The lowest BCUT2D eigenvalue weighted by molar-refractivity contribution is -0.172. The predicted octanol–water partition coefficient (Wildman–Crippen LogP) is 4.48. The number of ether oxygens (including phenoxy) is 1. The van der Waals surface area contributed by atoms with Crippen molar-refractivity contribution in [2.24, 2.45) is 17.8 Å². The molecule has 2 saturated carbocycles. The molecule has 8 heteroatoms. The van der Waals surface area contributed by atoms with E-state index >= 15 is 0 Å². The molecule has 194 valence electrons. The third-order valence-corrected chi connectivity index (χ3v) is 8.29. The molecule has 1 aromatic heterocycles. The van der Waals surface area contributed by atoms with Crippen LogP contribution in [0.15, 0.2) is 48.7 Å². The summed E-state index contributed by atoms with van der Waals surface area (Å²) in [6.07, 6.45) is 6.59. The Morgan fingerprint density at radius 2 is 1.78 bits per heavy atom. The molecule has 1 amide bonds. The normalized spacial score (nSPS) is 28.8. The summed E-state index contributed by atoms with van der Waals surface area (Å²) in [7, 11) is 0. The minimum atomic E-state index is -0.473. The van der Waals surface area contributed by atoms with Gasteiger partial charge in [-0.05, 0) is 81.6 Å². The molecular weight excluding hydrogens is 468 g/mol. The summed E-state index contributed by atoms with van der Waals surface area (Å²) in [5.41, 5.74) is 2.26. The first kappa shape index (κ1) is 24.1. The summed E-state index contributed by atoms with van der Waals surface area (Å²) < 4.78 is 5.62. The minimum Gasteiger partial charge on any atom is -0.444 e. The molecule has 2 unspecified atom stereocenters. The monoisotopic (exact) mass is 502 g/mol. The molecule has 3 heterocycles. The van der Waals surface area contributed by atoms with Gasteiger partial charge in [-0.1, -0.05) is 24.3 Å². The second-order valence-corrected chi connectivity index (χ2v) is 11.9. The molecule has 8 nitrogen and oxygen atoms in total. The van der Waals surface area contributed by atoms with Crippen LogP contribution in [0.2, 0.25) is 0 Å². The highest BCUT2D eigenvalue weighted by atomic mass is 16.7. The molecule has 0 radical (unpaired) electrons. The van der Waals surface area contributed by atoms with Gasteiger partial charge in [-0.3, -0.25) is 0 Å². The van der Waals surface area contributed by atoms with Gasteiger partial charge < -0.3 is 14.5 Å². The average molecular weight is 503 g/mol.